The molecule has 0 atom stereocenters. The Hall–Kier alpha value is -4.13. The average Bonchev–Trinajstić information content (AvgIpc) is 2.74. The number of halogens is 3. The fraction of sp³-hybridized carbons (Fsp3) is 0.0500. The van der Waals surface area contributed by atoms with Crippen molar-refractivity contribution in [3.63, 3.8) is 0 Å². The lowest BCUT2D eigenvalue weighted by atomic mass is 10.3. The average molecular weight is 481 g/mol. The fourth-order valence-corrected chi connectivity index (χ4v) is 3.31. The first-order valence-corrected chi connectivity index (χ1v) is 10.4. The predicted molar refractivity (Wildman–Crippen MR) is 110 cm³/mol. The molecule has 0 bridgehead atoms. The molecule has 2 amide bonds. The standard InChI is InChI=1S/C20H14F3N3O6S/c21-20(22,23)33(30,31)16-3-1-2-13(10-16)26-19(29)25-12-4-6-14(7-5-12)32-15-8-9-24-17(11-15)18(27)28/h1-11H,(H,27,28)(H2,25,26,29). The van der Waals surface area contributed by atoms with Gasteiger partial charge in [-0.2, -0.15) is 13.2 Å². The Labute approximate surface area is 184 Å². The monoisotopic (exact) mass is 481 g/mol. The smallest absolute Gasteiger partial charge is 0.477 e. The normalized spacial score (nSPS) is 11.5. The van der Waals surface area contributed by atoms with Gasteiger partial charge in [0.1, 0.15) is 11.5 Å². The van der Waals surface area contributed by atoms with E-state index in [1.165, 1.54) is 48.7 Å². The zero-order valence-electron chi connectivity index (χ0n) is 16.3. The number of carboxylic acid groups (broad SMARTS) is 1. The molecule has 0 spiro atoms. The van der Waals surface area contributed by atoms with Crippen molar-refractivity contribution in [1.29, 1.82) is 0 Å². The number of rotatable bonds is 6. The predicted octanol–water partition coefficient (Wildman–Crippen LogP) is 4.51. The Balaban J connectivity index is 1.64. The molecule has 2 aromatic carbocycles. The van der Waals surface area contributed by atoms with Gasteiger partial charge in [-0.15, -0.1) is 0 Å². The number of sulfone groups is 1. The SMILES string of the molecule is O=C(Nc1ccc(Oc2ccnc(C(=O)O)c2)cc1)Nc1cccc(S(=O)(=O)C(F)(F)F)c1. The molecule has 0 aliphatic heterocycles. The first-order valence-electron chi connectivity index (χ1n) is 8.92. The van der Waals surface area contributed by atoms with Crippen LogP contribution in [-0.4, -0.2) is 36.0 Å². The van der Waals surface area contributed by atoms with Crippen LogP contribution < -0.4 is 15.4 Å². The Morgan fingerprint density at radius 2 is 1.58 bits per heavy atom. The second kappa shape index (κ2) is 9.16. The first-order chi connectivity index (χ1) is 15.5. The van der Waals surface area contributed by atoms with Gasteiger partial charge < -0.3 is 20.5 Å². The molecule has 1 heterocycles. The number of benzene rings is 2. The summed E-state index contributed by atoms with van der Waals surface area (Å²) >= 11 is 0. The van der Waals surface area contributed by atoms with Crippen LogP contribution in [0.15, 0.2) is 71.8 Å². The van der Waals surface area contributed by atoms with E-state index in [1.807, 2.05) is 0 Å². The molecule has 0 unspecified atom stereocenters. The van der Waals surface area contributed by atoms with Crippen LogP contribution in [0.4, 0.5) is 29.3 Å². The van der Waals surface area contributed by atoms with Gasteiger partial charge in [0.25, 0.3) is 9.84 Å². The maximum absolute atomic E-state index is 12.7. The number of carbonyl (C=O) groups excluding carboxylic acids is 1. The largest absolute Gasteiger partial charge is 0.501 e. The van der Waals surface area contributed by atoms with E-state index in [9.17, 15) is 31.2 Å². The quantitative estimate of drug-likeness (QED) is 0.471. The number of pyridine rings is 1. The molecular weight excluding hydrogens is 467 g/mol. The van der Waals surface area contributed by atoms with E-state index in [1.54, 1.807) is 0 Å². The Morgan fingerprint density at radius 3 is 2.21 bits per heavy atom. The molecule has 13 heteroatoms. The van der Waals surface area contributed by atoms with Crippen molar-refractivity contribution >= 4 is 33.2 Å². The van der Waals surface area contributed by atoms with Crippen molar-refractivity contribution in [2.75, 3.05) is 10.6 Å². The number of anilines is 2. The highest BCUT2D eigenvalue weighted by Crippen LogP contribution is 2.31. The first kappa shape index (κ1) is 23.5. The van der Waals surface area contributed by atoms with E-state index in [0.717, 1.165) is 12.1 Å². The molecule has 0 aliphatic carbocycles. The number of alkyl halides is 3. The third-order valence-electron chi connectivity index (χ3n) is 4.01. The lowest BCUT2D eigenvalue weighted by Crippen LogP contribution is -2.24. The summed E-state index contributed by atoms with van der Waals surface area (Å²) in [6.07, 6.45) is 1.27. The third-order valence-corrected chi connectivity index (χ3v) is 5.49. The summed E-state index contributed by atoms with van der Waals surface area (Å²) < 4.78 is 66.6. The molecule has 9 nitrogen and oxygen atoms in total. The van der Waals surface area contributed by atoms with E-state index in [4.69, 9.17) is 9.84 Å². The topological polar surface area (TPSA) is 135 Å². The van der Waals surface area contributed by atoms with Crippen molar-refractivity contribution in [1.82, 2.24) is 4.98 Å². The maximum atomic E-state index is 12.7. The zero-order valence-corrected chi connectivity index (χ0v) is 17.1. The molecular formula is C20H14F3N3O6S. The summed E-state index contributed by atoms with van der Waals surface area (Å²) in [5.41, 5.74) is -5.54. The second-order valence-corrected chi connectivity index (χ2v) is 8.31. The van der Waals surface area contributed by atoms with E-state index >= 15 is 0 Å². The molecule has 0 saturated carbocycles. The van der Waals surface area contributed by atoms with Crippen molar-refractivity contribution < 1.29 is 41.0 Å². The van der Waals surface area contributed by atoms with Crippen LogP contribution in [0.25, 0.3) is 0 Å². The number of aromatic carboxylic acids is 1. The van der Waals surface area contributed by atoms with E-state index in [2.05, 4.69) is 15.6 Å². The van der Waals surface area contributed by atoms with Crippen LogP contribution in [0.2, 0.25) is 0 Å². The third kappa shape index (κ3) is 5.77. The number of nitrogens with one attached hydrogen (secondary N) is 2. The summed E-state index contributed by atoms with van der Waals surface area (Å²) in [6, 6.07) is 11.5. The van der Waals surface area contributed by atoms with Crippen LogP contribution in [0, 0.1) is 0 Å². The maximum Gasteiger partial charge on any atom is 0.501 e. The summed E-state index contributed by atoms with van der Waals surface area (Å²) in [6.45, 7) is 0. The van der Waals surface area contributed by atoms with Gasteiger partial charge >= 0.3 is 17.5 Å². The molecule has 172 valence electrons. The van der Waals surface area contributed by atoms with Gasteiger partial charge in [-0.05, 0) is 48.5 Å². The van der Waals surface area contributed by atoms with Gasteiger partial charge in [0, 0.05) is 23.6 Å². The number of hydrogen-bond donors (Lipinski definition) is 3. The lowest BCUT2D eigenvalue weighted by Gasteiger charge is -2.11. The van der Waals surface area contributed by atoms with Gasteiger partial charge in [-0.25, -0.2) is 23.0 Å². The van der Waals surface area contributed by atoms with Gasteiger partial charge in [-0.1, -0.05) is 6.07 Å². The summed E-state index contributed by atoms with van der Waals surface area (Å²) in [5.74, 6) is -0.657. The zero-order chi connectivity index (χ0) is 24.2. The number of carboxylic acids is 1. The molecule has 0 radical (unpaired) electrons. The van der Waals surface area contributed by atoms with E-state index in [0.29, 0.717) is 17.5 Å². The van der Waals surface area contributed by atoms with Gasteiger partial charge in [0.15, 0.2) is 5.69 Å². The molecule has 0 aliphatic rings. The van der Waals surface area contributed by atoms with Gasteiger partial charge in [-0.3, -0.25) is 0 Å². The van der Waals surface area contributed by atoms with Crippen molar-refractivity contribution in [3.8, 4) is 11.5 Å². The van der Waals surface area contributed by atoms with Gasteiger partial charge in [0.05, 0.1) is 4.90 Å². The molecule has 3 N–H and O–H groups in total. The highest BCUT2D eigenvalue weighted by atomic mass is 32.2. The minimum absolute atomic E-state index is 0.162. The minimum atomic E-state index is -5.55. The van der Waals surface area contributed by atoms with Gasteiger partial charge in [0.2, 0.25) is 0 Å². The molecule has 0 saturated heterocycles. The van der Waals surface area contributed by atoms with Crippen LogP contribution in [0.3, 0.4) is 0 Å². The fourth-order valence-electron chi connectivity index (χ4n) is 2.50. The molecule has 3 rings (SSSR count). The van der Waals surface area contributed by atoms with E-state index < -0.39 is 32.2 Å². The Morgan fingerprint density at radius 1 is 0.909 bits per heavy atom. The van der Waals surface area contributed by atoms with E-state index in [-0.39, 0.29) is 17.1 Å². The number of urea groups is 1. The number of nitrogens with zero attached hydrogens (tertiary/aromatic N) is 1. The number of carbonyl (C=O) groups is 2. The number of aromatic nitrogens is 1. The summed E-state index contributed by atoms with van der Waals surface area (Å²) in [7, 11) is -5.55. The molecule has 3 aromatic rings. The van der Waals surface area contributed by atoms with Crippen LogP contribution in [0.1, 0.15) is 10.5 Å². The van der Waals surface area contributed by atoms with Crippen molar-refractivity contribution in [2.24, 2.45) is 0 Å². The van der Waals surface area contributed by atoms with Crippen molar-refractivity contribution in [2.45, 2.75) is 10.4 Å². The highest BCUT2D eigenvalue weighted by Gasteiger charge is 2.46. The number of ether oxygens (including phenoxy) is 1. The Bertz CT molecular complexity index is 1290. The summed E-state index contributed by atoms with van der Waals surface area (Å²) in [4.78, 5) is 25.7. The lowest BCUT2D eigenvalue weighted by molar-refractivity contribution is -0.0436. The summed E-state index contributed by atoms with van der Waals surface area (Å²) in [5, 5.41) is 13.6. The number of hydrogen-bond acceptors (Lipinski definition) is 6. The van der Waals surface area contributed by atoms with Crippen LogP contribution in [-0.2, 0) is 9.84 Å². The van der Waals surface area contributed by atoms with Crippen LogP contribution in [0.5, 0.6) is 11.5 Å². The number of amides is 2. The Kier molecular flexibility index (Phi) is 6.53. The molecule has 1 aromatic heterocycles. The molecule has 0 fully saturated rings. The highest BCUT2D eigenvalue weighted by molar-refractivity contribution is 7.92. The molecule has 33 heavy (non-hydrogen) atoms. The van der Waals surface area contributed by atoms with Crippen molar-refractivity contribution in [3.05, 3.63) is 72.6 Å². The minimum Gasteiger partial charge on any atom is -0.477 e. The van der Waals surface area contributed by atoms with Crippen LogP contribution >= 0.6 is 0 Å². The second-order valence-electron chi connectivity index (χ2n) is 6.36.